The number of methoxy groups -OCH3 is 1. The number of carbonyl (C=O) groups excluding carboxylic acids is 1. The molecule has 1 heterocycles. The number of rotatable bonds is 8. The van der Waals surface area contributed by atoms with Crippen LogP contribution in [0.2, 0.25) is 0 Å². The summed E-state index contributed by atoms with van der Waals surface area (Å²) < 4.78 is 5.27. The molecule has 0 spiro atoms. The second-order valence-electron chi connectivity index (χ2n) is 7.58. The van der Waals surface area contributed by atoms with Crippen LogP contribution >= 0.6 is 0 Å². The Balaban J connectivity index is 2.00. The lowest BCUT2D eigenvalue weighted by molar-refractivity contribution is 0.0939. The summed E-state index contributed by atoms with van der Waals surface area (Å²) in [5.74, 6) is 0.769. The van der Waals surface area contributed by atoms with Crippen LogP contribution in [0.15, 0.2) is 48.5 Å². The zero-order valence-electron chi connectivity index (χ0n) is 17.8. The van der Waals surface area contributed by atoms with E-state index in [1.165, 1.54) is 12.8 Å². The first-order chi connectivity index (χ1) is 14.0. The summed E-state index contributed by atoms with van der Waals surface area (Å²) >= 11 is 0. The van der Waals surface area contributed by atoms with E-state index in [2.05, 4.69) is 19.2 Å². The van der Waals surface area contributed by atoms with Gasteiger partial charge in [0.25, 0.3) is 5.91 Å². The molecule has 3 rings (SSSR count). The van der Waals surface area contributed by atoms with Gasteiger partial charge >= 0.3 is 0 Å². The number of ether oxygens (including phenoxy) is 1. The van der Waals surface area contributed by atoms with Crippen molar-refractivity contribution >= 4 is 16.8 Å². The number of benzene rings is 2. The van der Waals surface area contributed by atoms with Gasteiger partial charge in [0, 0.05) is 17.0 Å². The molecule has 3 aromatic rings. The molecule has 0 bridgehead atoms. The lowest BCUT2D eigenvalue weighted by Crippen LogP contribution is -2.33. The van der Waals surface area contributed by atoms with Crippen molar-refractivity contribution in [3.8, 4) is 17.0 Å². The largest absolute Gasteiger partial charge is 0.497 e. The van der Waals surface area contributed by atoms with Gasteiger partial charge in [-0.3, -0.25) is 4.79 Å². The first-order valence-electron chi connectivity index (χ1n) is 10.4. The van der Waals surface area contributed by atoms with Gasteiger partial charge in [-0.25, -0.2) is 4.98 Å². The highest BCUT2D eigenvalue weighted by Gasteiger charge is 2.20. The SMILES string of the molecule is CCCCCC(C)NC(=O)c1c(C)c(-c2ccc(OC)cc2)nc2ccccc12. The fraction of sp³-hybridized carbons (Fsp3) is 0.360. The topological polar surface area (TPSA) is 51.2 Å². The lowest BCUT2D eigenvalue weighted by Gasteiger charge is -2.18. The fourth-order valence-corrected chi connectivity index (χ4v) is 3.70. The normalized spacial score (nSPS) is 12.0. The van der Waals surface area contributed by atoms with E-state index >= 15 is 0 Å². The number of nitrogens with zero attached hydrogens (tertiary/aromatic N) is 1. The molecule has 0 aliphatic rings. The standard InChI is InChI=1S/C25H30N2O2/c1-5-6-7-10-17(2)26-25(28)23-18(3)24(19-13-15-20(29-4)16-14-19)27-22-12-9-8-11-21(22)23/h8-9,11-17H,5-7,10H2,1-4H3,(H,26,28). The number of carbonyl (C=O) groups is 1. The quantitative estimate of drug-likeness (QED) is 0.486. The van der Waals surface area contributed by atoms with Crippen molar-refractivity contribution in [2.45, 2.75) is 52.5 Å². The number of nitrogens with one attached hydrogen (secondary N) is 1. The number of aromatic nitrogens is 1. The molecule has 1 N–H and O–H groups in total. The second-order valence-corrected chi connectivity index (χ2v) is 7.58. The Hall–Kier alpha value is -2.88. The Morgan fingerprint density at radius 1 is 1.10 bits per heavy atom. The predicted molar refractivity (Wildman–Crippen MR) is 120 cm³/mol. The predicted octanol–water partition coefficient (Wildman–Crippen LogP) is 5.92. The van der Waals surface area contributed by atoms with E-state index in [0.29, 0.717) is 5.56 Å². The van der Waals surface area contributed by atoms with Gasteiger partial charge in [-0.15, -0.1) is 0 Å². The summed E-state index contributed by atoms with van der Waals surface area (Å²) in [6.45, 7) is 6.25. The van der Waals surface area contributed by atoms with Gasteiger partial charge in [0.05, 0.1) is 23.9 Å². The van der Waals surface area contributed by atoms with E-state index in [9.17, 15) is 4.79 Å². The molecular weight excluding hydrogens is 360 g/mol. The minimum Gasteiger partial charge on any atom is -0.497 e. The summed E-state index contributed by atoms with van der Waals surface area (Å²) in [5.41, 5.74) is 4.23. The second kappa shape index (κ2) is 9.55. The highest BCUT2D eigenvalue weighted by Crippen LogP contribution is 2.30. The molecule has 0 saturated heterocycles. The zero-order valence-corrected chi connectivity index (χ0v) is 17.8. The zero-order chi connectivity index (χ0) is 20.8. The van der Waals surface area contributed by atoms with Crippen LogP contribution in [0.3, 0.4) is 0 Å². The van der Waals surface area contributed by atoms with Crippen molar-refractivity contribution in [3.05, 3.63) is 59.7 Å². The minimum atomic E-state index is -0.0279. The Bertz CT molecular complexity index is 980. The Kier molecular flexibility index (Phi) is 6.86. The molecule has 0 aliphatic carbocycles. The third-order valence-corrected chi connectivity index (χ3v) is 5.34. The molecule has 152 valence electrons. The molecule has 2 aromatic carbocycles. The highest BCUT2D eigenvalue weighted by atomic mass is 16.5. The number of fused-ring (bicyclic) bond motifs is 1. The van der Waals surface area contributed by atoms with Gasteiger partial charge in [0.1, 0.15) is 5.75 Å². The van der Waals surface area contributed by atoms with E-state index in [4.69, 9.17) is 9.72 Å². The van der Waals surface area contributed by atoms with Crippen molar-refractivity contribution in [1.29, 1.82) is 0 Å². The maximum atomic E-state index is 13.2. The Morgan fingerprint density at radius 3 is 2.52 bits per heavy atom. The molecule has 29 heavy (non-hydrogen) atoms. The average Bonchev–Trinajstić information content (AvgIpc) is 2.73. The van der Waals surface area contributed by atoms with E-state index in [0.717, 1.165) is 46.3 Å². The van der Waals surface area contributed by atoms with Crippen LogP contribution < -0.4 is 10.1 Å². The van der Waals surface area contributed by atoms with Gasteiger partial charge in [0.2, 0.25) is 0 Å². The van der Waals surface area contributed by atoms with Gasteiger partial charge in [0.15, 0.2) is 0 Å². The van der Waals surface area contributed by atoms with Crippen LogP contribution in [0.25, 0.3) is 22.2 Å². The molecule has 1 unspecified atom stereocenters. The van der Waals surface area contributed by atoms with Gasteiger partial charge < -0.3 is 10.1 Å². The third-order valence-electron chi connectivity index (χ3n) is 5.34. The number of unbranched alkanes of at least 4 members (excludes halogenated alkanes) is 2. The molecule has 4 nitrogen and oxygen atoms in total. The highest BCUT2D eigenvalue weighted by molar-refractivity contribution is 6.09. The minimum absolute atomic E-state index is 0.0279. The molecular formula is C25H30N2O2. The van der Waals surface area contributed by atoms with Crippen LogP contribution in [0.5, 0.6) is 5.75 Å². The number of pyridine rings is 1. The summed E-state index contributed by atoms with van der Waals surface area (Å²) in [4.78, 5) is 18.1. The number of amides is 1. The van der Waals surface area contributed by atoms with Gasteiger partial charge in [-0.2, -0.15) is 0 Å². The molecule has 4 heteroatoms. The van der Waals surface area contributed by atoms with Crippen molar-refractivity contribution in [3.63, 3.8) is 0 Å². The van der Waals surface area contributed by atoms with Crippen molar-refractivity contribution in [2.24, 2.45) is 0 Å². The van der Waals surface area contributed by atoms with Gasteiger partial charge in [-0.1, -0.05) is 44.4 Å². The van der Waals surface area contributed by atoms with Crippen LogP contribution in [0, 0.1) is 6.92 Å². The van der Waals surface area contributed by atoms with Crippen LogP contribution in [0.1, 0.15) is 55.5 Å². The summed E-state index contributed by atoms with van der Waals surface area (Å²) in [7, 11) is 1.65. The summed E-state index contributed by atoms with van der Waals surface area (Å²) in [5, 5.41) is 4.09. The summed E-state index contributed by atoms with van der Waals surface area (Å²) in [6.07, 6.45) is 4.50. The van der Waals surface area contributed by atoms with E-state index in [1.807, 2.05) is 55.5 Å². The number of hydrogen-bond donors (Lipinski definition) is 1. The van der Waals surface area contributed by atoms with Crippen LogP contribution in [-0.2, 0) is 0 Å². The van der Waals surface area contributed by atoms with Crippen molar-refractivity contribution in [2.75, 3.05) is 7.11 Å². The maximum Gasteiger partial charge on any atom is 0.252 e. The maximum absolute atomic E-state index is 13.2. The molecule has 0 aliphatic heterocycles. The molecule has 0 saturated carbocycles. The molecule has 1 amide bonds. The van der Waals surface area contributed by atoms with Gasteiger partial charge in [-0.05, 0) is 56.2 Å². The van der Waals surface area contributed by atoms with E-state index < -0.39 is 0 Å². The average molecular weight is 391 g/mol. The third kappa shape index (κ3) is 4.76. The molecule has 0 fully saturated rings. The van der Waals surface area contributed by atoms with Crippen molar-refractivity contribution in [1.82, 2.24) is 10.3 Å². The molecule has 1 aromatic heterocycles. The summed E-state index contributed by atoms with van der Waals surface area (Å²) in [6, 6.07) is 15.8. The lowest BCUT2D eigenvalue weighted by atomic mass is 9.96. The monoisotopic (exact) mass is 390 g/mol. The molecule has 1 atom stereocenters. The Labute approximate surface area is 173 Å². The molecule has 0 radical (unpaired) electrons. The first-order valence-corrected chi connectivity index (χ1v) is 10.4. The van der Waals surface area contributed by atoms with E-state index in [-0.39, 0.29) is 11.9 Å². The van der Waals surface area contributed by atoms with Crippen LogP contribution in [-0.4, -0.2) is 24.0 Å². The Morgan fingerprint density at radius 2 is 1.83 bits per heavy atom. The van der Waals surface area contributed by atoms with E-state index in [1.54, 1.807) is 7.11 Å². The van der Waals surface area contributed by atoms with Crippen molar-refractivity contribution < 1.29 is 9.53 Å². The fourth-order valence-electron chi connectivity index (χ4n) is 3.70. The van der Waals surface area contributed by atoms with Crippen LogP contribution in [0.4, 0.5) is 0 Å². The smallest absolute Gasteiger partial charge is 0.252 e. The number of para-hydroxylation sites is 1. The number of hydrogen-bond acceptors (Lipinski definition) is 3. The first kappa shape index (κ1) is 20.8.